The SMILES string of the molecule is COc1cc([C@@H](CC2CC2)N2CCNCC2)ccc1Cl.Cl.Cl. The van der Waals surface area contributed by atoms with E-state index in [9.17, 15) is 0 Å². The molecule has 0 bridgehead atoms. The van der Waals surface area contributed by atoms with E-state index in [1.165, 1.54) is 24.8 Å². The van der Waals surface area contributed by atoms with Crippen molar-refractivity contribution in [2.24, 2.45) is 5.92 Å². The number of ether oxygens (including phenoxy) is 1. The highest BCUT2D eigenvalue weighted by molar-refractivity contribution is 6.32. The van der Waals surface area contributed by atoms with Crippen molar-refractivity contribution in [2.45, 2.75) is 25.3 Å². The number of rotatable bonds is 5. The normalized spacial score (nSPS) is 19.7. The van der Waals surface area contributed by atoms with Crippen LogP contribution in [0.2, 0.25) is 5.02 Å². The molecule has 22 heavy (non-hydrogen) atoms. The minimum absolute atomic E-state index is 0. The predicted octanol–water partition coefficient (Wildman–Crippen LogP) is 3.94. The van der Waals surface area contributed by atoms with Crippen LogP contribution in [0.5, 0.6) is 5.75 Å². The van der Waals surface area contributed by atoms with Crippen LogP contribution in [0, 0.1) is 5.92 Å². The zero-order valence-corrected chi connectivity index (χ0v) is 15.3. The van der Waals surface area contributed by atoms with Gasteiger partial charge in [-0.1, -0.05) is 30.5 Å². The van der Waals surface area contributed by atoms with Crippen molar-refractivity contribution in [3.8, 4) is 5.75 Å². The molecule has 1 aliphatic carbocycles. The molecule has 126 valence electrons. The van der Waals surface area contributed by atoms with Gasteiger partial charge in [-0.15, -0.1) is 24.8 Å². The van der Waals surface area contributed by atoms with Crippen molar-refractivity contribution in [1.82, 2.24) is 10.2 Å². The van der Waals surface area contributed by atoms with Gasteiger partial charge in [0.1, 0.15) is 5.75 Å². The quantitative estimate of drug-likeness (QED) is 0.853. The number of hydrogen-bond donors (Lipinski definition) is 1. The van der Waals surface area contributed by atoms with Crippen molar-refractivity contribution in [3.63, 3.8) is 0 Å². The van der Waals surface area contributed by atoms with E-state index in [1.54, 1.807) is 7.11 Å². The fraction of sp³-hybridized carbons (Fsp3) is 0.625. The molecule has 1 heterocycles. The summed E-state index contributed by atoms with van der Waals surface area (Å²) in [5.74, 6) is 1.71. The lowest BCUT2D eigenvalue weighted by molar-refractivity contribution is 0.160. The molecule has 6 heteroatoms. The molecule has 3 nitrogen and oxygen atoms in total. The molecule has 2 aliphatic rings. The molecule has 1 N–H and O–H groups in total. The number of hydrogen-bond acceptors (Lipinski definition) is 3. The van der Waals surface area contributed by atoms with Gasteiger partial charge in [0.2, 0.25) is 0 Å². The second-order valence-electron chi connectivity index (χ2n) is 5.87. The number of benzene rings is 1. The second kappa shape index (κ2) is 9.19. The summed E-state index contributed by atoms with van der Waals surface area (Å²) < 4.78 is 5.38. The maximum absolute atomic E-state index is 6.16. The fourth-order valence-corrected chi connectivity index (χ4v) is 3.24. The number of methoxy groups -OCH3 is 1. The van der Waals surface area contributed by atoms with Gasteiger partial charge in [-0.3, -0.25) is 4.90 Å². The van der Waals surface area contributed by atoms with E-state index in [0.29, 0.717) is 11.1 Å². The Kier molecular flexibility index (Phi) is 8.29. The summed E-state index contributed by atoms with van der Waals surface area (Å²) in [7, 11) is 1.69. The molecule has 0 radical (unpaired) electrons. The molecule has 0 amide bonds. The van der Waals surface area contributed by atoms with E-state index in [0.717, 1.165) is 37.8 Å². The zero-order valence-electron chi connectivity index (χ0n) is 12.9. The van der Waals surface area contributed by atoms with E-state index in [4.69, 9.17) is 16.3 Å². The number of piperazine rings is 1. The lowest BCUT2D eigenvalue weighted by Gasteiger charge is -2.35. The minimum Gasteiger partial charge on any atom is -0.495 e. The average molecular weight is 368 g/mol. The van der Waals surface area contributed by atoms with Gasteiger partial charge in [-0.2, -0.15) is 0 Å². The van der Waals surface area contributed by atoms with Crippen LogP contribution in [0.25, 0.3) is 0 Å². The molecule has 3 rings (SSSR count). The van der Waals surface area contributed by atoms with Crippen molar-refractivity contribution in [1.29, 1.82) is 0 Å². The van der Waals surface area contributed by atoms with Crippen LogP contribution in [-0.4, -0.2) is 38.2 Å². The van der Waals surface area contributed by atoms with Crippen LogP contribution in [0.4, 0.5) is 0 Å². The summed E-state index contributed by atoms with van der Waals surface area (Å²) in [4.78, 5) is 2.61. The maximum Gasteiger partial charge on any atom is 0.137 e. The highest BCUT2D eigenvalue weighted by Crippen LogP contribution is 2.41. The monoisotopic (exact) mass is 366 g/mol. The number of nitrogens with one attached hydrogen (secondary N) is 1. The standard InChI is InChI=1S/C16H23ClN2O.2ClH/c1-20-16-11-13(4-5-14(16)17)15(10-12-2-3-12)19-8-6-18-7-9-19;;/h4-5,11-12,15,18H,2-3,6-10H2,1H3;2*1H/t15-;;/m1../s1. The molecule has 0 unspecified atom stereocenters. The van der Waals surface area contributed by atoms with Gasteiger partial charge in [0, 0.05) is 32.2 Å². The molecule has 1 saturated heterocycles. The highest BCUT2D eigenvalue weighted by Gasteiger charge is 2.30. The van der Waals surface area contributed by atoms with E-state index in [-0.39, 0.29) is 24.8 Å². The van der Waals surface area contributed by atoms with Gasteiger partial charge in [0.25, 0.3) is 0 Å². The van der Waals surface area contributed by atoms with Crippen molar-refractivity contribution >= 4 is 36.4 Å². The van der Waals surface area contributed by atoms with Gasteiger partial charge in [-0.25, -0.2) is 0 Å². The van der Waals surface area contributed by atoms with E-state index < -0.39 is 0 Å². The van der Waals surface area contributed by atoms with Crippen LogP contribution in [-0.2, 0) is 0 Å². The summed E-state index contributed by atoms with van der Waals surface area (Å²) in [5, 5.41) is 4.13. The third-order valence-electron chi connectivity index (χ3n) is 4.41. The Balaban J connectivity index is 0.00000121. The molecule has 1 aliphatic heterocycles. The Morgan fingerprint density at radius 1 is 1.27 bits per heavy atom. The molecular weight excluding hydrogens is 343 g/mol. The first-order chi connectivity index (χ1) is 9.78. The van der Waals surface area contributed by atoms with Gasteiger partial charge in [-0.05, 0) is 30.0 Å². The maximum atomic E-state index is 6.16. The summed E-state index contributed by atoms with van der Waals surface area (Å²) in [5.41, 5.74) is 1.35. The van der Waals surface area contributed by atoms with Crippen molar-refractivity contribution < 1.29 is 4.74 Å². The van der Waals surface area contributed by atoms with E-state index in [2.05, 4.69) is 22.3 Å². The van der Waals surface area contributed by atoms with Crippen LogP contribution < -0.4 is 10.1 Å². The van der Waals surface area contributed by atoms with Gasteiger partial charge in [0.15, 0.2) is 0 Å². The fourth-order valence-electron chi connectivity index (χ4n) is 3.04. The van der Waals surface area contributed by atoms with E-state index in [1.807, 2.05) is 6.07 Å². The summed E-state index contributed by atoms with van der Waals surface area (Å²) in [6.45, 7) is 4.43. The van der Waals surface area contributed by atoms with Crippen LogP contribution in [0.15, 0.2) is 18.2 Å². The lowest BCUT2D eigenvalue weighted by atomic mass is 9.98. The van der Waals surface area contributed by atoms with Crippen molar-refractivity contribution in [2.75, 3.05) is 33.3 Å². The molecule has 1 atom stereocenters. The van der Waals surface area contributed by atoms with Crippen LogP contribution >= 0.6 is 36.4 Å². The average Bonchev–Trinajstić information content (AvgIpc) is 3.30. The Hall–Kier alpha value is -0.190. The first-order valence-electron chi connectivity index (χ1n) is 7.56. The largest absolute Gasteiger partial charge is 0.495 e. The van der Waals surface area contributed by atoms with Gasteiger partial charge < -0.3 is 10.1 Å². The molecule has 1 aromatic carbocycles. The Bertz CT molecular complexity index is 463. The lowest BCUT2D eigenvalue weighted by Crippen LogP contribution is -2.45. The summed E-state index contributed by atoms with van der Waals surface area (Å²) in [6.07, 6.45) is 4.06. The Morgan fingerprint density at radius 3 is 2.55 bits per heavy atom. The van der Waals surface area contributed by atoms with Gasteiger partial charge >= 0.3 is 0 Å². The first kappa shape index (κ1) is 19.9. The first-order valence-corrected chi connectivity index (χ1v) is 7.94. The number of halogens is 3. The molecule has 1 saturated carbocycles. The predicted molar refractivity (Wildman–Crippen MR) is 97.0 cm³/mol. The topological polar surface area (TPSA) is 24.5 Å². The van der Waals surface area contributed by atoms with Crippen LogP contribution in [0.1, 0.15) is 30.9 Å². The smallest absolute Gasteiger partial charge is 0.137 e. The molecule has 2 fully saturated rings. The van der Waals surface area contributed by atoms with Crippen LogP contribution in [0.3, 0.4) is 0 Å². The Morgan fingerprint density at radius 2 is 1.95 bits per heavy atom. The minimum atomic E-state index is 0. The second-order valence-corrected chi connectivity index (χ2v) is 6.28. The molecule has 0 aromatic heterocycles. The zero-order chi connectivity index (χ0) is 13.9. The van der Waals surface area contributed by atoms with Gasteiger partial charge in [0.05, 0.1) is 12.1 Å². The third kappa shape index (κ3) is 4.90. The highest BCUT2D eigenvalue weighted by atomic mass is 35.5. The molecule has 1 aromatic rings. The molecule has 0 spiro atoms. The van der Waals surface area contributed by atoms with E-state index >= 15 is 0 Å². The number of nitrogens with zero attached hydrogens (tertiary/aromatic N) is 1. The summed E-state index contributed by atoms with van der Waals surface area (Å²) in [6, 6.07) is 6.77. The summed E-state index contributed by atoms with van der Waals surface area (Å²) >= 11 is 6.16. The third-order valence-corrected chi connectivity index (χ3v) is 4.72. The molecular formula is C16H25Cl3N2O. The Labute approximate surface area is 150 Å². The van der Waals surface area contributed by atoms with Crippen molar-refractivity contribution in [3.05, 3.63) is 28.8 Å².